The fraction of sp³-hybridized carbons (Fsp3) is 0.467. The predicted octanol–water partition coefficient (Wildman–Crippen LogP) is 3.39. The van der Waals surface area contributed by atoms with Gasteiger partial charge in [-0.3, -0.25) is 4.90 Å². The van der Waals surface area contributed by atoms with E-state index in [2.05, 4.69) is 53.6 Å². The van der Waals surface area contributed by atoms with Gasteiger partial charge in [-0.1, -0.05) is 13.8 Å². The van der Waals surface area contributed by atoms with Crippen LogP contribution in [0, 0.1) is 16.7 Å². The number of aromatic nitrogens is 3. The molecule has 2 aromatic carbocycles. The molecule has 0 bridgehead atoms. The van der Waals surface area contributed by atoms with Gasteiger partial charge < -0.3 is 25.0 Å². The van der Waals surface area contributed by atoms with Crippen molar-refractivity contribution in [1.29, 1.82) is 5.26 Å². The molecule has 41 heavy (non-hydrogen) atoms. The highest BCUT2D eigenvalue weighted by atomic mass is 19.1. The smallest absolute Gasteiger partial charge is 0.230 e. The molecule has 1 aromatic heterocycles. The van der Waals surface area contributed by atoms with Gasteiger partial charge in [0.15, 0.2) is 5.82 Å². The van der Waals surface area contributed by atoms with Crippen molar-refractivity contribution in [3.05, 3.63) is 54.4 Å². The lowest BCUT2D eigenvalue weighted by Gasteiger charge is -2.43. The number of nitriles is 1. The van der Waals surface area contributed by atoms with Gasteiger partial charge in [0.05, 0.1) is 24.8 Å². The SMILES string of the molecule is CC1(C)CNC[C@H](F)[C@H]1Oc1ccc(-c2ncnc(Nc3ccc(N4CCN(C5COC5)CC4)cc3)n2)cc1C#N. The van der Waals surface area contributed by atoms with Crippen molar-refractivity contribution < 1.29 is 13.9 Å². The van der Waals surface area contributed by atoms with Gasteiger partial charge in [-0.25, -0.2) is 14.4 Å². The number of hydrogen-bond acceptors (Lipinski definition) is 10. The van der Waals surface area contributed by atoms with Crippen molar-refractivity contribution in [3.8, 4) is 23.2 Å². The van der Waals surface area contributed by atoms with Gasteiger partial charge in [-0.05, 0) is 42.5 Å². The van der Waals surface area contributed by atoms with Crippen molar-refractivity contribution >= 4 is 17.3 Å². The molecule has 3 saturated heterocycles. The molecular weight excluding hydrogens is 523 g/mol. The molecule has 0 amide bonds. The van der Waals surface area contributed by atoms with Crippen LogP contribution in [0.15, 0.2) is 48.8 Å². The zero-order valence-corrected chi connectivity index (χ0v) is 23.4. The average Bonchev–Trinajstić information content (AvgIpc) is 2.95. The van der Waals surface area contributed by atoms with Crippen LogP contribution >= 0.6 is 0 Å². The Hall–Kier alpha value is -3.85. The summed E-state index contributed by atoms with van der Waals surface area (Å²) in [6, 6.07) is 16.2. The number of ether oxygens (including phenoxy) is 2. The van der Waals surface area contributed by atoms with Gasteiger partial charge in [0.25, 0.3) is 0 Å². The Kier molecular flexibility index (Phi) is 7.71. The second-order valence-corrected chi connectivity index (χ2v) is 11.5. The standard InChI is InChI=1S/C30H35FN8O2/c1-30(2)18-33-15-25(31)27(30)41-26-8-3-20(13-21(26)14-32)28-34-19-35-29(37-28)36-22-4-6-23(7-5-22)38-9-11-39(12-10-38)24-16-40-17-24/h3-8,13,19,24-25,27,33H,9-12,15-18H2,1-2H3,(H,34,35,36,37)/t25-,27+/m0/s1. The van der Waals surface area contributed by atoms with E-state index >= 15 is 0 Å². The summed E-state index contributed by atoms with van der Waals surface area (Å²) in [7, 11) is 0. The van der Waals surface area contributed by atoms with Crippen LogP contribution in [0.3, 0.4) is 0 Å². The Labute approximate surface area is 239 Å². The molecular formula is C30H35FN8O2. The molecule has 214 valence electrons. The molecule has 4 heterocycles. The van der Waals surface area contributed by atoms with Crippen molar-refractivity contribution in [2.75, 3.05) is 62.7 Å². The van der Waals surface area contributed by atoms with Crippen molar-refractivity contribution in [2.45, 2.75) is 32.2 Å². The number of anilines is 3. The molecule has 3 fully saturated rings. The van der Waals surface area contributed by atoms with Gasteiger partial charge >= 0.3 is 0 Å². The fourth-order valence-electron chi connectivity index (χ4n) is 5.62. The zero-order chi connectivity index (χ0) is 28.4. The first kappa shape index (κ1) is 27.3. The topological polar surface area (TPSA) is 111 Å². The van der Waals surface area contributed by atoms with Crippen LogP contribution < -0.4 is 20.3 Å². The summed E-state index contributed by atoms with van der Waals surface area (Å²) in [4.78, 5) is 18.1. The number of alkyl halides is 1. The first-order valence-electron chi connectivity index (χ1n) is 14.1. The quantitative estimate of drug-likeness (QED) is 0.448. The molecule has 10 nitrogen and oxygen atoms in total. The maximum atomic E-state index is 14.7. The van der Waals surface area contributed by atoms with Gasteiger partial charge in [0.1, 0.15) is 30.4 Å². The monoisotopic (exact) mass is 558 g/mol. The number of piperidine rings is 1. The lowest BCUT2D eigenvalue weighted by atomic mass is 9.81. The molecule has 0 saturated carbocycles. The van der Waals surface area contributed by atoms with Crippen LogP contribution in [-0.4, -0.2) is 90.7 Å². The predicted molar refractivity (Wildman–Crippen MR) is 154 cm³/mol. The lowest BCUT2D eigenvalue weighted by Crippen LogP contribution is -2.56. The Morgan fingerprint density at radius 1 is 1.10 bits per heavy atom. The molecule has 2 atom stereocenters. The van der Waals surface area contributed by atoms with Crippen molar-refractivity contribution in [1.82, 2.24) is 25.2 Å². The van der Waals surface area contributed by atoms with Crippen LogP contribution in [0.25, 0.3) is 11.4 Å². The average molecular weight is 559 g/mol. The third-order valence-electron chi connectivity index (χ3n) is 8.14. The van der Waals surface area contributed by atoms with E-state index in [1.165, 1.54) is 12.0 Å². The largest absolute Gasteiger partial charge is 0.485 e. The van der Waals surface area contributed by atoms with E-state index in [4.69, 9.17) is 9.47 Å². The molecule has 2 N–H and O–H groups in total. The molecule has 3 aliphatic rings. The molecule has 0 radical (unpaired) electrons. The van der Waals surface area contributed by atoms with E-state index in [1.54, 1.807) is 18.2 Å². The second-order valence-electron chi connectivity index (χ2n) is 11.5. The van der Waals surface area contributed by atoms with E-state index in [1.807, 2.05) is 26.0 Å². The van der Waals surface area contributed by atoms with E-state index in [-0.39, 0.29) is 6.54 Å². The Morgan fingerprint density at radius 3 is 2.56 bits per heavy atom. The van der Waals surface area contributed by atoms with Gasteiger partial charge in [-0.2, -0.15) is 10.2 Å². The third-order valence-corrected chi connectivity index (χ3v) is 8.14. The number of halogens is 1. The first-order valence-corrected chi connectivity index (χ1v) is 14.1. The van der Waals surface area contributed by atoms with Crippen molar-refractivity contribution in [2.24, 2.45) is 5.41 Å². The van der Waals surface area contributed by atoms with Crippen LogP contribution in [0.5, 0.6) is 5.75 Å². The zero-order valence-electron chi connectivity index (χ0n) is 23.4. The van der Waals surface area contributed by atoms with Crippen LogP contribution in [0.2, 0.25) is 0 Å². The first-order chi connectivity index (χ1) is 19.9. The summed E-state index contributed by atoms with van der Waals surface area (Å²) in [5, 5.41) is 16.2. The molecule has 3 aliphatic heterocycles. The van der Waals surface area contributed by atoms with Gasteiger partial charge in [0.2, 0.25) is 5.95 Å². The Balaban J connectivity index is 1.11. The van der Waals surface area contributed by atoms with E-state index in [9.17, 15) is 9.65 Å². The fourth-order valence-corrected chi connectivity index (χ4v) is 5.62. The highest BCUT2D eigenvalue weighted by Crippen LogP contribution is 2.34. The van der Waals surface area contributed by atoms with E-state index in [0.29, 0.717) is 41.2 Å². The molecule has 6 rings (SSSR count). The maximum absolute atomic E-state index is 14.7. The van der Waals surface area contributed by atoms with Crippen LogP contribution in [0.4, 0.5) is 21.7 Å². The molecule has 0 spiro atoms. The molecule has 3 aromatic rings. The van der Waals surface area contributed by atoms with Gasteiger partial charge in [-0.15, -0.1) is 0 Å². The van der Waals surface area contributed by atoms with Crippen LogP contribution in [0.1, 0.15) is 19.4 Å². The number of nitrogens with zero attached hydrogens (tertiary/aromatic N) is 6. The van der Waals surface area contributed by atoms with Crippen LogP contribution in [-0.2, 0) is 4.74 Å². The summed E-state index contributed by atoms with van der Waals surface area (Å²) in [5.74, 6) is 1.17. The number of hydrogen-bond donors (Lipinski definition) is 2. The maximum Gasteiger partial charge on any atom is 0.230 e. The van der Waals surface area contributed by atoms with Gasteiger partial charge in [0, 0.05) is 61.6 Å². The number of piperazine rings is 1. The molecule has 0 unspecified atom stereocenters. The third kappa shape index (κ3) is 5.95. The van der Waals surface area contributed by atoms with E-state index in [0.717, 1.165) is 45.1 Å². The van der Waals surface area contributed by atoms with Crippen molar-refractivity contribution in [3.63, 3.8) is 0 Å². The Bertz CT molecular complexity index is 1400. The molecule has 0 aliphatic carbocycles. The second kappa shape index (κ2) is 11.6. The highest BCUT2D eigenvalue weighted by molar-refractivity contribution is 5.64. The summed E-state index contributed by atoms with van der Waals surface area (Å²) >= 11 is 0. The summed E-state index contributed by atoms with van der Waals surface area (Å²) < 4.78 is 26.1. The summed E-state index contributed by atoms with van der Waals surface area (Å²) in [6.45, 7) is 10.6. The minimum absolute atomic E-state index is 0.227. The Morgan fingerprint density at radius 2 is 1.88 bits per heavy atom. The minimum Gasteiger partial charge on any atom is -0.485 e. The highest BCUT2D eigenvalue weighted by Gasteiger charge is 2.41. The van der Waals surface area contributed by atoms with E-state index < -0.39 is 17.7 Å². The number of benzene rings is 2. The summed E-state index contributed by atoms with van der Waals surface area (Å²) in [5.41, 5.74) is 2.58. The summed E-state index contributed by atoms with van der Waals surface area (Å²) in [6.07, 6.45) is -0.394. The number of rotatable bonds is 7. The lowest BCUT2D eigenvalue weighted by molar-refractivity contribution is -0.0660. The minimum atomic E-state index is -1.17. The normalized spacial score (nSPS) is 22.9. The number of nitrogens with one attached hydrogen (secondary N) is 2. The molecule has 11 heteroatoms.